The molecule has 1 N–H and O–H groups in total. The molecule has 0 amide bonds. The Bertz CT molecular complexity index is 1130. The fraction of sp³-hybridized carbons (Fsp3) is 0.273. The molecule has 0 unspecified atom stereocenters. The van der Waals surface area contributed by atoms with Gasteiger partial charge < -0.3 is 9.73 Å². The topological polar surface area (TPSA) is 99.2 Å². The van der Waals surface area contributed by atoms with Crippen molar-refractivity contribution in [1.82, 2.24) is 9.29 Å². The molecule has 156 valence electrons. The highest BCUT2D eigenvalue weighted by molar-refractivity contribution is 7.89. The van der Waals surface area contributed by atoms with Crippen molar-refractivity contribution in [2.24, 2.45) is 0 Å². The van der Waals surface area contributed by atoms with Crippen LogP contribution < -0.4 is 5.32 Å². The Morgan fingerprint density at radius 2 is 1.83 bits per heavy atom. The molecule has 0 aliphatic heterocycles. The Morgan fingerprint density at radius 3 is 2.43 bits per heavy atom. The zero-order valence-electron chi connectivity index (χ0n) is 17.2. The number of hydrogen-bond acceptors (Lipinski definition) is 6. The van der Waals surface area contributed by atoms with Gasteiger partial charge in [0.2, 0.25) is 27.5 Å². The number of rotatable bonds is 8. The van der Waals surface area contributed by atoms with E-state index >= 15 is 0 Å². The maximum atomic E-state index is 12.9. The van der Waals surface area contributed by atoms with Gasteiger partial charge >= 0.3 is 0 Å². The van der Waals surface area contributed by atoms with Crippen molar-refractivity contribution in [1.29, 1.82) is 5.26 Å². The fourth-order valence-electron chi connectivity index (χ4n) is 2.82. The van der Waals surface area contributed by atoms with E-state index in [1.165, 1.54) is 16.4 Å². The first-order valence-corrected chi connectivity index (χ1v) is 11.1. The van der Waals surface area contributed by atoms with Crippen molar-refractivity contribution >= 4 is 15.9 Å². The molecule has 1 heterocycles. The van der Waals surface area contributed by atoms with E-state index in [-0.39, 0.29) is 29.1 Å². The smallest absolute Gasteiger partial charge is 0.243 e. The van der Waals surface area contributed by atoms with Gasteiger partial charge in [-0.05, 0) is 43.2 Å². The number of hydrogen-bond donors (Lipinski definition) is 1. The molecule has 0 saturated carbocycles. The molecule has 0 fully saturated rings. The molecular formula is C22H24N4O3S. The molecule has 7 nitrogen and oxygen atoms in total. The van der Waals surface area contributed by atoms with Crippen molar-refractivity contribution in [2.45, 2.75) is 37.8 Å². The van der Waals surface area contributed by atoms with E-state index in [1.807, 2.05) is 50.2 Å². The maximum absolute atomic E-state index is 12.9. The zero-order chi connectivity index (χ0) is 21.7. The number of benzene rings is 2. The first kappa shape index (κ1) is 21.6. The lowest BCUT2D eigenvalue weighted by Crippen LogP contribution is -2.26. The second-order valence-corrected chi connectivity index (χ2v) is 9.08. The van der Waals surface area contributed by atoms with Crippen LogP contribution in [0.5, 0.6) is 0 Å². The summed E-state index contributed by atoms with van der Waals surface area (Å²) in [7, 11) is -2.09. The van der Waals surface area contributed by atoms with E-state index in [1.54, 1.807) is 19.2 Å². The molecule has 0 radical (unpaired) electrons. The summed E-state index contributed by atoms with van der Waals surface area (Å²) in [6.45, 7) is 4.28. The highest BCUT2D eigenvalue weighted by Gasteiger charge is 2.22. The Morgan fingerprint density at radius 1 is 1.17 bits per heavy atom. The third-order valence-electron chi connectivity index (χ3n) is 4.78. The molecule has 0 saturated heterocycles. The quantitative estimate of drug-likeness (QED) is 0.580. The van der Waals surface area contributed by atoms with E-state index < -0.39 is 10.0 Å². The van der Waals surface area contributed by atoms with Crippen LogP contribution in [0.15, 0.2) is 63.9 Å². The van der Waals surface area contributed by atoms with Gasteiger partial charge in [-0.3, -0.25) is 0 Å². The van der Waals surface area contributed by atoms with Crippen LogP contribution in [-0.2, 0) is 16.6 Å². The summed E-state index contributed by atoms with van der Waals surface area (Å²) in [5.74, 6) is 0.583. The first-order valence-electron chi connectivity index (χ1n) is 9.63. The van der Waals surface area contributed by atoms with E-state index in [4.69, 9.17) is 4.42 Å². The highest BCUT2D eigenvalue weighted by atomic mass is 32.2. The normalized spacial score (nSPS) is 12.5. The van der Waals surface area contributed by atoms with Crippen molar-refractivity contribution in [3.63, 3.8) is 0 Å². The van der Waals surface area contributed by atoms with Gasteiger partial charge in [-0.1, -0.05) is 37.3 Å². The van der Waals surface area contributed by atoms with Crippen molar-refractivity contribution in [3.8, 4) is 17.5 Å². The van der Waals surface area contributed by atoms with E-state index in [0.717, 1.165) is 12.0 Å². The number of nitrogens with one attached hydrogen (secondary N) is 1. The average Bonchev–Trinajstić information content (AvgIpc) is 3.17. The lowest BCUT2D eigenvalue weighted by Gasteiger charge is -2.17. The molecular weight excluding hydrogens is 400 g/mol. The van der Waals surface area contributed by atoms with Gasteiger partial charge in [-0.15, -0.1) is 0 Å². The van der Waals surface area contributed by atoms with Gasteiger partial charge in [-0.25, -0.2) is 8.42 Å². The van der Waals surface area contributed by atoms with Crippen LogP contribution in [0.3, 0.4) is 0 Å². The van der Waals surface area contributed by atoms with Gasteiger partial charge in [-0.2, -0.15) is 14.6 Å². The minimum absolute atomic E-state index is 0.130. The summed E-state index contributed by atoms with van der Waals surface area (Å²) in [4.78, 5) is 4.39. The van der Waals surface area contributed by atoms with Crippen LogP contribution in [0.1, 0.15) is 31.5 Å². The van der Waals surface area contributed by atoms with Crippen LogP contribution >= 0.6 is 0 Å². The van der Waals surface area contributed by atoms with Crippen molar-refractivity contribution in [2.75, 3.05) is 12.4 Å². The first-order chi connectivity index (χ1) is 14.3. The molecule has 8 heteroatoms. The minimum atomic E-state index is -3.65. The molecule has 30 heavy (non-hydrogen) atoms. The molecule has 3 aromatic rings. The molecule has 0 aliphatic rings. The van der Waals surface area contributed by atoms with E-state index in [2.05, 4.69) is 10.3 Å². The van der Waals surface area contributed by atoms with E-state index in [9.17, 15) is 13.7 Å². The maximum Gasteiger partial charge on any atom is 0.243 e. The Labute approximate surface area is 177 Å². The van der Waals surface area contributed by atoms with Crippen molar-refractivity contribution in [3.05, 3.63) is 65.9 Å². The van der Waals surface area contributed by atoms with Gasteiger partial charge in [0.15, 0.2) is 0 Å². The number of anilines is 1. The highest BCUT2D eigenvalue weighted by Crippen LogP contribution is 2.27. The second kappa shape index (κ2) is 9.11. The second-order valence-electron chi connectivity index (χ2n) is 7.03. The third kappa shape index (κ3) is 4.70. The third-order valence-corrected chi connectivity index (χ3v) is 6.60. The van der Waals surface area contributed by atoms with Crippen LogP contribution in [0.2, 0.25) is 0 Å². The number of oxazole rings is 1. The predicted molar refractivity (Wildman–Crippen MR) is 115 cm³/mol. The molecule has 1 atom stereocenters. The van der Waals surface area contributed by atoms with Gasteiger partial charge in [0.1, 0.15) is 6.07 Å². The fourth-order valence-corrected chi connectivity index (χ4v) is 3.98. The lowest BCUT2D eigenvalue weighted by atomic mass is 10.2. The summed E-state index contributed by atoms with van der Waals surface area (Å²) < 4.78 is 32.8. The zero-order valence-corrected chi connectivity index (χ0v) is 18.0. The largest absolute Gasteiger partial charge is 0.419 e. The van der Waals surface area contributed by atoms with Gasteiger partial charge in [0, 0.05) is 25.2 Å². The number of nitriles is 1. The number of aromatic nitrogens is 1. The molecule has 1 aromatic heterocycles. The van der Waals surface area contributed by atoms with Gasteiger partial charge in [0.05, 0.1) is 4.90 Å². The Hall–Kier alpha value is -3.15. The van der Waals surface area contributed by atoms with Crippen LogP contribution in [0.25, 0.3) is 11.5 Å². The number of sulfonamides is 1. The number of nitrogens with zero attached hydrogens (tertiary/aromatic N) is 3. The van der Waals surface area contributed by atoms with Crippen LogP contribution in [0, 0.1) is 11.3 Å². The molecule has 2 aromatic carbocycles. The molecule has 0 aliphatic carbocycles. The van der Waals surface area contributed by atoms with Crippen LogP contribution in [0.4, 0.5) is 5.88 Å². The summed E-state index contributed by atoms with van der Waals surface area (Å²) >= 11 is 0. The average molecular weight is 425 g/mol. The molecule has 0 spiro atoms. The summed E-state index contributed by atoms with van der Waals surface area (Å²) in [6, 6.07) is 17.9. The standard InChI is InChI=1S/C22H24N4O3S/c1-4-16(2)24-22-20(14-23)25-21(29-22)18-10-12-19(13-11-18)30(27,28)26(3)15-17-8-6-5-7-9-17/h5-13,16,24H,4,15H2,1-3H3/t16-/m0/s1. The molecule has 3 rings (SSSR count). The Balaban J connectivity index is 1.81. The summed E-state index contributed by atoms with van der Waals surface area (Å²) in [5.41, 5.74) is 1.67. The van der Waals surface area contributed by atoms with Gasteiger partial charge in [0.25, 0.3) is 0 Å². The van der Waals surface area contributed by atoms with E-state index in [0.29, 0.717) is 11.4 Å². The SMILES string of the molecule is CC[C@H](C)Nc1oc(-c2ccc(S(=O)(=O)N(C)Cc3ccccc3)cc2)nc1C#N. The van der Waals surface area contributed by atoms with Crippen molar-refractivity contribution < 1.29 is 12.8 Å². The predicted octanol–water partition coefficient (Wildman–Crippen LogP) is 4.24. The lowest BCUT2D eigenvalue weighted by molar-refractivity contribution is 0.466. The monoisotopic (exact) mass is 424 g/mol. The summed E-state index contributed by atoms with van der Waals surface area (Å²) in [6.07, 6.45) is 0.865. The minimum Gasteiger partial charge on any atom is -0.419 e. The Kier molecular flexibility index (Phi) is 6.55. The summed E-state index contributed by atoms with van der Waals surface area (Å²) in [5, 5.41) is 12.4. The molecule has 0 bridgehead atoms. The van der Waals surface area contributed by atoms with Crippen LogP contribution in [-0.4, -0.2) is 30.8 Å².